The molecule has 27 heavy (non-hydrogen) atoms. The first kappa shape index (κ1) is 19.0. The van der Waals surface area contributed by atoms with Gasteiger partial charge in [0.05, 0.1) is 23.7 Å². The summed E-state index contributed by atoms with van der Waals surface area (Å²) in [6.07, 6.45) is 0. The first-order chi connectivity index (χ1) is 13.0. The third-order valence-corrected chi connectivity index (χ3v) is 4.36. The molecule has 0 aliphatic rings. The molecule has 5 nitrogen and oxygen atoms in total. The van der Waals surface area contributed by atoms with Crippen LogP contribution in [-0.2, 0) is 11.3 Å². The summed E-state index contributed by atoms with van der Waals surface area (Å²) in [6.45, 7) is 0.0587. The molecule has 2 amide bonds. The number of hydrogen-bond acceptors (Lipinski definition) is 3. The van der Waals surface area contributed by atoms with Crippen LogP contribution in [0.4, 0.5) is 0 Å². The SMILES string of the molecule is O=C(CNC(=O)c1ccccc1Cl)NCc1ccc(-c2ccc(Cl)cc2)o1. The van der Waals surface area contributed by atoms with Crippen LogP contribution in [0, 0.1) is 0 Å². The third-order valence-electron chi connectivity index (χ3n) is 3.78. The number of carbonyl (C=O) groups excluding carboxylic acids is 2. The van der Waals surface area contributed by atoms with Gasteiger partial charge in [0.2, 0.25) is 5.91 Å². The summed E-state index contributed by atoms with van der Waals surface area (Å²) in [6, 6.07) is 17.5. The largest absolute Gasteiger partial charge is 0.459 e. The van der Waals surface area contributed by atoms with Gasteiger partial charge in [-0.25, -0.2) is 0 Å². The van der Waals surface area contributed by atoms with E-state index >= 15 is 0 Å². The molecule has 2 aromatic carbocycles. The van der Waals surface area contributed by atoms with Gasteiger partial charge >= 0.3 is 0 Å². The van der Waals surface area contributed by atoms with Gasteiger partial charge in [-0.3, -0.25) is 9.59 Å². The maximum Gasteiger partial charge on any atom is 0.253 e. The fourth-order valence-corrected chi connectivity index (χ4v) is 2.74. The highest BCUT2D eigenvalue weighted by atomic mass is 35.5. The molecule has 0 saturated carbocycles. The van der Waals surface area contributed by atoms with Gasteiger partial charge in [0.1, 0.15) is 11.5 Å². The summed E-state index contributed by atoms with van der Waals surface area (Å²) in [7, 11) is 0. The molecule has 3 aromatic rings. The van der Waals surface area contributed by atoms with E-state index in [0.29, 0.717) is 27.1 Å². The molecule has 3 rings (SSSR count). The van der Waals surface area contributed by atoms with E-state index in [1.54, 1.807) is 42.5 Å². The van der Waals surface area contributed by atoms with E-state index in [-0.39, 0.29) is 19.0 Å². The van der Waals surface area contributed by atoms with Crippen LogP contribution in [0.3, 0.4) is 0 Å². The van der Waals surface area contributed by atoms with Gasteiger partial charge in [-0.1, -0.05) is 35.3 Å². The van der Waals surface area contributed by atoms with Gasteiger partial charge in [-0.05, 0) is 48.5 Å². The predicted octanol–water partition coefficient (Wildman–Crippen LogP) is 4.30. The third kappa shape index (κ3) is 5.12. The molecule has 0 atom stereocenters. The summed E-state index contributed by atoms with van der Waals surface area (Å²) in [5.74, 6) is 0.548. The molecule has 0 unspecified atom stereocenters. The van der Waals surface area contributed by atoms with Crippen LogP contribution in [0.25, 0.3) is 11.3 Å². The summed E-state index contributed by atoms with van der Waals surface area (Å²) >= 11 is 11.8. The minimum atomic E-state index is -0.404. The van der Waals surface area contributed by atoms with Gasteiger partial charge in [-0.15, -0.1) is 0 Å². The molecule has 2 N–H and O–H groups in total. The molecule has 0 spiro atoms. The van der Waals surface area contributed by atoms with Gasteiger partial charge in [0, 0.05) is 10.6 Å². The van der Waals surface area contributed by atoms with Gasteiger partial charge in [-0.2, -0.15) is 0 Å². The van der Waals surface area contributed by atoms with E-state index in [2.05, 4.69) is 10.6 Å². The van der Waals surface area contributed by atoms with Crippen LogP contribution in [0.5, 0.6) is 0 Å². The molecule has 0 saturated heterocycles. The van der Waals surface area contributed by atoms with Crippen LogP contribution >= 0.6 is 23.2 Å². The van der Waals surface area contributed by atoms with Crippen molar-refractivity contribution in [2.24, 2.45) is 0 Å². The number of hydrogen-bond donors (Lipinski definition) is 2. The predicted molar refractivity (Wildman–Crippen MR) is 105 cm³/mol. The Bertz CT molecular complexity index is 952. The topological polar surface area (TPSA) is 71.3 Å². The molecule has 138 valence electrons. The number of halogens is 2. The summed E-state index contributed by atoms with van der Waals surface area (Å²) in [4.78, 5) is 24.0. The van der Waals surface area contributed by atoms with Crippen LogP contribution < -0.4 is 10.6 Å². The number of carbonyl (C=O) groups is 2. The van der Waals surface area contributed by atoms with Crippen molar-refractivity contribution in [2.45, 2.75) is 6.54 Å². The molecule has 1 heterocycles. The molecular weight excluding hydrogens is 387 g/mol. The normalized spacial score (nSPS) is 10.4. The average molecular weight is 403 g/mol. The monoisotopic (exact) mass is 402 g/mol. The second-order valence-electron chi connectivity index (χ2n) is 5.71. The Morgan fingerprint density at radius 2 is 1.63 bits per heavy atom. The highest BCUT2D eigenvalue weighted by Crippen LogP contribution is 2.23. The summed E-state index contributed by atoms with van der Waals surface area (Å²) < 4.78 is 5.71. The molecule has 7 heteroatoms. The van der Waals surface area contributed by atoms with Crippen molar-refractivity contribution in [1.82, 2.24) is 10.6 Å². The fraction of sp³-hybridized carbons (Fsp3) is 0.100. The van der Waals surface area contributed by atoms with Crippen molar-refractivity contribution in [3.8, 4) is 11.3 Å². The molecule has 0 radical (unpaired) electrons. The second kappa shape index (κ2) is 8.75. The second-order valence-corrected chi connectivity index (χ2v) is 6.56. The Labute approximate surface area is 166 Å². The minimum Gasteiger partial charge on any atom is -0.459 e. The van der Waals surface area contributed by atoms with Crippen molar-refractivity contribution in [3.05, 3.63) is 82.0 Å². The van der Waals surface area contributed by atoms with Crippen molar-refractivity contribution in [1.29, 1.82) is 0 Å². The first-order valence-electron chi connectivity index (χ1n) is 8.17. The van der Waals surface area contributed by atoms with Gasteiger partial charge in [0.15, 0.2) is 0 Å². The highest BCUT2D eigenvalue weighted by Gasteiger charge is 2.11. The molecule has 0 fully saturated rings. The number of furan rings is 1. The van der Waals surface area contributed by atoms with E-state index < -0.39 is 5.91 Å². The number of nitrogens with one attached hydrogen (secondary N) is 2. The Morgan fingerprint density at radius 3 is 2.37 bits per heavy atom. The van der Waals surface area contributed by atoms with Crippen LogP contribution in [-0.4, -0.2) is 18.4 Å². The van der Waals surface area contributed by atoms with Crippen molar-refractivity contribution < 1.29 is 14.0 Å². The van der Waals surface area contributed by atoms with E-state index in [1.165, 1.54) is 0 Å². The lowest BCUT2D eigenvalue weighted by atomic mass is 10.2. The van der Waals surface area contributed by atoms with Gasteiger partial charge in [0.25, 0.3) is 5.91 Å². The van der Waals surface area contributed by atoms with Crippen molar-refractivity contribution in [2.75, 3.05) is 6.54 Å². The lowest BCUT2D eigenvalue weighted by molar-refractivity contribution is -0.120. The van der Waals surface area contributed by atoms with Gasteiger partial charge < -0.3 is 15.1 Å². The molecular formula is C20H16Cl2N2O3. The molecule has 1 aromatic heterocycles. The van der Waals surface area contributed by atoms with Crippen LogP contribution in [0.2, 0.25) is 10.0 Å². The van der Waals surface area contributed by atoms with Crippen LogP contribution in [0.1, 0.15) is 16.1 Å². The molecule has 0 aliphatic carbocycles. The maximum absolute atomic E-state index is 12.0. The number of rotatable bonds is 6. The molecule has 0 aliphatic heterocycles. The quantitative estimate of drug-likeness (QED) is 0.645. The van der Waals surface area contributed by atoms with E-state index in [9.17, 15) is 9.59 Å². The Balaban J connectivity index is 1.49. The van der Waals surface area contributed by atoms with E-state index in [0.717, 1.165) is 5.56 Å². The fourth-order valence-electron chi connectivity index (χ4n) is 2.39. The zero-order valence-corrected chi connectivity index (χ0v) is 15.7. The number of benzene rings is 2. The lowest BCUT2D eigenvalue weighted by Crippen LogP contribution is -2.36. The highest BCUT2D eigenvalue weighted by molar-refractivity contribution is 6.33. The summed E-state index contributed by atoms with van der Waals surface area (Å²) in [5, 5.41) is 6.21. The van der Waals surface area contributed by atoms with Crippen LogP contribution in [0.15, 0.2) is 65.1 Å². The van der Waals surface area contributed by atoms with E-state index in [1.807, 2.05) is 18.2 Å². The van der Waals surface area contributed by atoms with E-state index in [4.69, 9.17) is 27.6 Å². The zero-order valence-electron chi connectivity index (χ0n) is 14.2. The van der Waals surface area contributed by atoms with Crippen molar-refractivity contribution in [3.63, 3.8) is 0 Å². The standard InChI is InChI=1S/C20H16Cl2N2O3/c21-14-7-5-13(6-8-14)18-10-9-15(27-18)11-23-19(25)12-24-20(26)16-3-1-2-4-17(16)22/h1-10H,11-12H2,(H,23,25)(H,24,26). The summed E-state index contributed by atoms with van der Waals surface area (Å²) in [5.41, 5.74) is 1.22. The first-order valence-corrected chi connectivity index (χ1v) is 8.92. The lowest BCUT2D eigenvalue weighted by Gasteiger charge is -2.07. The average Bonchev–Trinajstić information content (AvgIpc) is 3.14. The Kier molecular flexibility index (Phi) is 6.16. The Morgan fingerprint density at radius 1 is 0.889 bits per heavy atom. The minimum absolute atomic E-state index is 0.158. The Hall–Kier alpha value is -2.76. The van der Waals surface area contributed by atoms with Crippen molar-refractivity contribution >= 4 is 35.0 Å². The zero-order chi connectivity index (χ0) is 19.2. The smallest absolute Gasteiger partial charge is 0.253 e. The maximum atomic E-state index is 12.0. The number of amides is 2. The molecule has 0 bridgehead atoms.